The van der Waals surface area contributed by atoms with E-state index in [2.05, 4.69) is 0 Å². The van der Waals surface area contributed by atoms with Crippen molar-refractivity contribution in [3.63, 3.8) is 0 Å². The van der Waals surface area contributed by atoms with Gasteiger partial charge in [-0.3, -0.25) is 9.78 Å². The summed E-state index contributed by atoms with van der Waals surface area (Å²) in [6.45, 7) is 5.62. The molecule has 0 aliphatic carbocycles. The lowest BCUT2D eigenvalue weighted by Crippen LogP contribution is -2.28. The Bertz CT molecular complexity index is 1530. The van der Waals surface area contributed by atoms with Crippen LogP contribution in [-0.2, 0) is 27.9 Å². The Kier molecular flexibility index (Phi) is 8.99. The van der Waals surface area contributed by atoms with Crippen LogP contribution in [-0.4, -0.2) is 52.2 Å². The van der Waals surface area contributed by atoms with E-state index in [-0.39, 0.29) is 37.6 Å². The second-order valence-corrected chi connectivity index (χ2v) is 12.7. The molecule has 7 nitrogen and oxygen atoms in total. The molecular formula is C31H35FN2O5S. The molecule has 0 amide bonds. The number of aliphatic hydroxyl groups is 2. The van der Waals surface area contributed by atoms with Gasteiger partial charge in [-0.1, -0.05) is 62.4 Å². The molecule has 2 heterocycles. The molecule has 0 fully saturated rings. The van der Waals surface area contributed by atoms with Crippen LogP contribution in [0.15, 0.2) is 54.6 Å². The number of fused-ring (bicyclic) bond motifs is 3. The van der Waals surface area contributed by atoms with Crippen LogP contribution in [0.5, 0.6) is 0 Å². The Morgan fingerprint density at radius 2 is 1.77 bits per heavy atom. The molecule has 0 unspecified atom stereocenters. The van der Waals surface area contributed by atoms with E-state index >= 15 is 0 Å². The summed E-state index contributed by atoms with van der Waals surface area (Å²) >= 11 is 0. The van der Waals surface area contributed by atoms with Gasteiger partial charge in [0.2, 0.25) is 10.0 Å². The van der Waals surface area contributed by atoms with Crippen molar-refractivity contribution in [1.82, 2.24) is 9.29 Å². The third-order valence-corrected chi connectivity index (χ3v) is 8.19. The van der Waals surface area contributed by atoms with Gasteiger partial charge in [0.15, 0.2) is 0 Å². The van der Waals surface area contributed by atoms with Crippen LogP contribution < -0.4 is 0 Å². The molecule has 0 saturated heterocycles. The average molecular weight is 567 g/mol. The predicted molar refractivity (Wildman–Crippen MR) is 154 cm³/mol. The van der Waals surface area contributed by atoms with Crippen molar-refractivity contribution in [2.24, 2.45) is 0 Å². The highest BCUT2D eigenvalue weighted by Crippen LogP contribution is 2.42. The Morgan fingerprint density at radius 3 is 2.40 bits per heavy atom. The van der Waals surface area contributed by atoms with Crippen molar-refractivity contribution in [3.05, 3.63) is 82.8 Å². The third-order valence-electron chi connectivity index (χ3n) is 6.99. The van der Waals surface area contributed by atoms with E-state index < -0.39 is 28.0 Å². The van der Waals surface area contributed by atoms with Crippen LogP contribution in [0.25, 0.3) is 28.5 Å². The quantitative estimate of drug-likeness (QED) is 0.375. The standard InChI is InChI=1S/C31H35FN2O5S/c1-19(2)30-27(14-13-24(36)16-25(37)15-20(3)35)29(21-9-11-23(32)12-10-21)28-18-34(40(4,38)39)17-22-7-5-6-8-26(22)31(28)33-30/h5-14,19,24-25,36-37H,15-18H2,1-4H3/b14-13+/t24-,25+/m1/s1. The fraction of sp³-hybridized carbons (Fsp3) is 0.355. The van der Waals surface area contributed by atoms with E-state index in [1.807, 2.05) is 38.1 Å². The summed E-state index contributed by atoms with van der Waals surface area (Å²) in [4.78, 5) is 16.5. The topological polar surface area (TPSA) is 108 Å². The molecule has 2 atom stereocenters. The van der Waals surface area contributed by atoms with Crippen LogP contribution in [0.3, 0.4) is 0 Å². The van der Waals surface area contributed by atoms with Crippen molar-refractivity contribution in [1.29, 1.82) is 0 Å². The number of rotatable bonds is 9. The molecule has 40 heavy (non-hydrogen) atoms. The van der Waals surface area contributed by atoms with Crippen molar-refractivity contribution >= 4 is 21.9 Å². The van der Waals surface area contributed by atoms with Gasteiger partial charge in [-0.05, 0) is 41.7 Å². The van der Waals surface area contributed by atoms with Crippen molar-refractivity contribution in [3.8, 4) is 22.4 Å². The number of ketones is 1. The molecule has 4 rings (SSSR count). The minimum absolute atomic E-state index is 0.0213. The first-order chi connectivity index (χ1) is 18.8. The lowest BCUT2D eigenvalue weighted by molar-refractivity contribution is -0.119. The maximum Gasteiger partial charge on any atom is 0.211 e. The highest BCUT2D eigenvalue weighted by molar-refractivity contribution is 7.88. The van der Waals surface area contributed by atoms with Crippen LogP contribution >= 0.6 is 0 Å². The zero-order valence-corrected chi connectivity index (χ0v) is 24.0. The van der Waals surface area contributed by atoms with Gasteiger partial charge in [-0.25, -0.2) is 12.8 Å². The summed E-state index contributed by atoms with van der Waals surface area (Å²) in [5.74, 6) is -0.621. The fourth-order valence-corrected chi connectivity index (χ4v) is 5.85. The van der Waals surface area contributed by atoms with Crippen LogP contribution in [0, 0.1) is 5.82 Å². The second-order valence-electron chi connectivity index (χ2n) is 10.7. The SMILES string of the molecule is CC(=O)C[C@H](O)C[C@H](O)/C=C/c1c(C(C)C)nc2c(c1-c1ccc(F)cc1)CN(S(C)(=O)=O)Cc1ccccc1-2. The number of carbonyl (C=O) groups is 1. The number of pyridine rings is 1. The minimum Gasteiger partial charge on any atom is -0.393 e. The first-order valence-electron chi connectivity index (χ1n) is 13.2. The highest BCUT2D eigenvalue weighted by Gasteiger charge is 2.30. The number of benzene rings is 2. The van der Waals surface area contributed by atoms with Gasteiger partial charge in [0.1, 0.15) is 11.6 Å². The van der Waals surface area contributed by atoms with Gasteiger partial charge in [0.05, 0.1) is 29.9 Å². The summed E-state index contributed by atoms with van der Waals surface area (Å²) in [5, 5.41) is 20.8. The largest absolute Gasteiger partial charge is 0.393 e. The van der Waals surface area contributed by atoms with Gasteiger partial charge in [-0.15, -0.1) is 0 Å². The summed E-state index contributed by atoms with van der Waals surface area (Å²) in [6, 6.07) is 13.6. The molecule has 0 radical (unpaired) electrons. The highest BCUT2D eigenvalue weighted by atomic mass is 32.2. The summed E-state index contributed by atoms with van der Waals surface area (Å²) < 4.78 is 41.1. The molecule has 9 heteroatoms. The molecule has 1 aliphatic heterocycles. The van der Waals surface area contributed by atoms with E-state index in [0.717, 1.165) is 16.8 Å². The number of Topliss-reactive ketones (excluding diaryl/α,β-unsaturated/α-hetero) is 1. The van der Waals surface area contributed by atoms with Gasteiger partial charge in [0, 0.05) is 42.6 Å². The fourth-order valence-electron chi connectivity index (χ4n) is 5.11. The van der Waals surface area contributed by atoms with Crippen molar-refractivity contribution in [2.75, 3.05) is 6.26 Å². The molecule has 2 aromatic carbocycles. The monoisotopic (exact) mass is 566 g/mol. The smallest absolute Gasteiger partial charge is 0.211 e. The summed E-state index contributed by atoms with van der Waals surface area (Å²) in [6.07, 6.45) is 2.36. The third kappa shape index (κ3) is 6.72. The predicted octanol–water partition coefficient (Wildman–Crippen LogP) is 5.06. The van der Waals surface area contributed by atoms with E-state index in [0.29, 0.717) is 27.9 Å². The number of aliphatic hydroxyl groups excluding tert-OH is 2. The number of carbonyl (C=O) groups excluding carboxylic acids is 1. The second kappa shape index (κ2) is 12.1. The minimum atomic E-state index is -3.60. The summed E-state index contributed by atoms with van der Waals surface area (Å²) in [7, 11) is -3.60. The Morgan fingerprint density at radius 1 is 1.10 bits per heavy atom. The van der Waals surface area contributed by atoms with E-state index in [1.54, 1.807) is 24.3 Å². The van der Waals surface area contributed by atoms with Crippen LogP contribution in [0.2, 0.25) is 0 Å². The van der Waals surface area contributed by atoms with Crippen molar-refractivity contribution in [2.45, 2.75) is 64.8 Å². The lowest BCUT2D eigenvalue weighted by atomic mass is 9.87. The van der Waals surface area contributed by atoms with E-state index in [9.17, 15) is 27.8 Å². The van der Waals surface area contributed by atoms with Gasteiger partial charge >= 0.3 is 0 Å². The molecule has 1 aromatic heterocycles. The van der Waals surface area contributed by atoms with Gasteiger partial charge < -0.3 is 10.2 Å². The normalized spacial score (nSPS) is 15.5. The number of halogens is 1. The van der Waals surface area contributed by atoms with E-state index in [4.69, 9.17) is 4.98 Å². The lowest BCUT2D eigenvalue weighted by Gasteiger charge is -2.24. The zero-order chi connectivity index (χ0) is 29.2. The number of aromatic nitrogens is 1. The Labute approximate surface area is 235 Å². The van der Waals surface area contributed by atoms with Crippen LogP contribution in [0.1, 0.15) is 61.9 Å². The number of nitrogens with zero attached hydrogens (tertiary/aromatic N) is 2. The molecule has 0 spiro atoms. The van der Waals surface area contributed by atoms with Gasteiger partial charge in [0.25, 0.3) is 0 Å². The van der Waals surface area contributed by atoms with Gasteiger partial charge in [-0.2, -0.15) is 4.31 Å². The Balaban J connectivity index is 1.99. The maximum absolute atomic E-state index is 14.0. The number of sulfonamides is 1. The zero-order valence-electron chi connectivity index (χ0n) is 23.1. The molecule has 2 N–H and O–H groups in total. The number of hydrogen-bond acceptors (Lipinski definition) is 6. The Hall–Kier alpha value is -3.24. The number of hydrogen-bond donors (Lipinski definition) is 2. The molecule has 1 aliphatic rings. The van der Waals surface area contributed by atoms with Crippen molar-refractivity contribution < 1.29 is 27.8 Å². The van der Waals surface area contributed by atoms with Crippen LogP contribution in [0.4, 0.5) is 4.39 Å². The molecular weight excluding hydrogens is 531 g/mol. The maximum atomic E-state index is 14.0. The summed E-state index contributed by atoms with van der Waals surface area (Å²) in [5.41, 5.74) is 5.79. The molecule has 0 bridgehead atoms. The molecule has 3 aromatic rings. The first-order valence-corrected chi connectivity index (χ1v) is 15.1. The molecule has 212 valence electrons. The first kappa shape index (κ1) is 29.7. The molecule has 0 saturated carbocycles. The average Bonchev–Trinajstić information content (AvgIpc) is 3.03. The van der Waals surface area contributed by atoms with E-state index in [1.165, 1.54) is 29.6 Å².